The lowest BCUT2D eigenvalue weighted by molar-refractivity contribution is -0.171. The molecule has 110 valence electrons. The average Bonchev–Trinajstić information content (AvgIpc) is 2.70. The van der Waals surface area contributed by atoms with Crippen LogP contribution in [0.2, 0.25) is 0 Å². The molecule has 0 aromatic heterocycles. The molecule has 0 saturated carbocycles. The number of hydrogen-bond donors (Lipinski definition) is 2. The highest BCUT2D eigenvalue weighted by molar-refractivity contribution is 7.85. The third-order valence-electron chi connectivity index (χ3n) is 2.38. The summed E-state index contributed by atoms with van der Waals surface area (Å²) in [5, 5.41) is 8.57. The van der Waals surface area contributed by atoms with Gasteiger partial charge in [0.15, 0.2) is 0 Å². The van der Waals surface area contributed by atoms with Crippen molar-refractivity contribution in [3.63, 3.8) is 0 Å². The molecule has 1 aliphatic heterocycles. The minimum atomic E-state index is -4.08. The molecule has 1 heterocycles. The topological polar surface area (TPSA) is 121 Å². The van der Waals surface area contributed by atoms with E-state index in [-0.39, 0.29) is 22.8 Å². The first-order valence-corrected chi connectivity index (χ1v) is 6.86. The van der Waals surface area contributed by atoms with Gasteiger partial charge in [-0.05, 0) is 24.3 Å². The van der Waals surface area contributed by atoms with Gasteiger partial charge in [0, 0.05) is 12.8 Å². The zero-order valence-corrected chi connectivity index (χ0v) is 11.3. The lowest BCUT2D eigenvalue weighted by Crippen LogP contribution is -2.24. The Labute approximate surface area is 115 Å². The largest absolute Gasteiger partial charge is 0.497 e. The minimum Gasteiger partial charge on any atom is -0.497 e. The molecule has 0 spiro atoms. The molecule has 1 fully saturated rings. The summed E-state index contributed by atoms with van der Waals surface area (Å²) < 4.78 is 34.5. The van der Waals surface area contributed by atoms with Gasteiger partial charge < -0.3 is 4.74 Å². The first-order chi connectivity index (χ1) is 9.25. The quantitative estimate of drug-likeness (QED) is 0.462. The highest BCUT2D eigenvalue weighted by Crippen LogP contribution is 2.14. The fourth-order valence-electron chi connectivity index (χ4n) is 1.31. The Morgan fingerprint density at radius 2 is 1.55 bits per heavy atom. The molecule has 0 bridgehead atoms. The van der Waals surface area contributed by atoms with E-state index in [9.17, 15) is 18.0 Å². The summed E-state index contributed by atoms with van der Waals surface area (Å²) in [5.41, 5.74) is 0. The van der Waals surface area contributed by atoms with Crippen molar-refractivity contribution in [2.24, 2.45) is 0 Å². The maximum atomic E-state index is 10.5. The van der Waals surface area contributed by atoms with Gasteiger partial charge >= 0.3 is 0 Å². The Morgan fingerprint density at radius 1 is 1.10 bits per heavy atom. The van der Waals surface area contributed by atoms with E-state index in [1.54, 1.807) is 0 Å². The van der Waals surface area contributed by atoms with Crippen LogP contribution in [0.25, 0.3) is 0 Å². The first kappa shape index (κ1) is 16.1. The standard InChI is InChI=1S/C7H8O4S.C4H5NO3/c1-11-6-2-4-7(5-3-6)12(8,9)10;6-3-1-2-4(7)5(3)8/h2-5H,1H3,(H,8,9,10);8H,1-2H2. The zero-order chi connectivity index (χ0) is 15.3. The normalized spacial score (nSPS) is 14.8. The number of nitrogens with zero attached hydrogens (tertiary/aromatic N) is 1. The number of imide groups is 1. The van der Waals surface area contributed by atoms with Crippen molar-refractivity contribution in [3.8, 4) is 5.75 Å². The van der Waals surface area contributed by atoms with Crippen molar-refractivity contribution < 1.29 is 32.5 Å². The van der Waals surface area contributed by atoms with Gasteiger partial charge in [0.05, 0.1) is 12.0 Å². The molecule has 20 heavy (non-hydrogen) atoms. The SMILES string of the molecule is COc1ccc(S(=O)(=O)O)cc1.O=C1CCC(=O)N1O. The third kappa shape index (κ3) is 4.30. The zero-order valence-electron chi connectivity index (χ0n) is 10.5. The van der Waals surface area contributed by atoms with Crippen molar-refractivity contribution in [1.82, 2.24) is 5.06 Å². The Morgan fingerprint density at radius 3 is 1.80 bits per heavy atom. The van der Waals surface area contributed by atoms with Gasteiger partial charge in [-0.2, -0.15) is 13.5 Å². The van der Waals surface area contributed by atoms with Crippen LogP contribution in [0.3, 0.4) is 0 Å². The Hall–Kier alpha value is -1.97. The second-order valence-electron chi connectivity index (χ2n) is 3.75. The minimum absolute atomic E-state index is 0.136. The van der Waals surface area contributed by atoms with Crippen LogP contribution >= 0.6 is 0 Å². The third-order valence-corrected chi connectivity index (χ3v) is 3.25. The fraction of sp³-hybridized carbons (Fsp3) is 0.273. The molecule has 0 aliphatic carbocycles. The van der Waals surface area contributed by atoms with E-state index >= 15 is 0 Å². The molecule has 1 aliphatic rings. The summed E-state index contributed by atoms with van der Waals surface area (Å²) in [6, 6.07) is 5.47. The summed E-state index contributed by atoms with van der Waals surface area (Å²) in [6.07, 6.45) is 0.296. The Kier molecular flexibility index (Phi) is 5.19. The van der Waals surface area contributed by atoms with E-state index in [0.29, 0.717) is 5.75 Å². The maximum absolute atomic E-state index is 10.5. The van der Waals surface area contributed by atoms with Gasteiger partial charge in [0.2, 0.25) is 0 Å². The van der Waals surface area contributed by atoms with Gasteiger partial charge in [-0.25, -0.2) is 0 Å². The highest BCUT2D eigenvalue weighted by atomic mass is 32.2. The number of carbonyl (C=O) groups excluding carboxylic acids is 2. The molecular weight excluding hydrogens is 290 g/mol. The van der Waals surface area contributed by atoms with Gasteiger partial charge in [-0.15, -0.1) is 0 Å². The number of methoxy groups -OCH3 is 1. The van der Waals surface area contributed by atoms with Crippen LogP contribution in [0.1, 0.15) is 12.8 Å². The van der Waals surface area contributed by atoms with Crippen LogP contribution < -0.4 is 4.74 Å². The van der Waals surface area contributed by atoms with Crippen LogP contribution in [-0.2, 0) is 19.7 Å². The van der Waals surface area contributed by atoms with E-state index in [0.717, 1.165) is 0 Å². The van der Waals surface area contributed by atoms with E-state index in [4.69, 9.17) is 14.5 Å². The first-order valence-electron chi connectivity index (χ1n) is 5.42. The van der Waals surface area contributed by atoms with Crippen LogP contribution in [0.15, 0.2) is 29.2 Å². The van der Waals surface area contributed by atoms with E-state index in [1.807, 2.05) is 0 Å². The molecule has 9 heteroatoms. The summed E-state index contributed by atoms with van der Waals surface area (Å²) in [6.45, 7) is 0. The molecule has 1 saturated heterocycles. The van der Waals surface area contributed by atoms with Crippen molar-refractivity contribution in [3.05, 3.63) is 24.3 Å². The number of amides is 2. The molecule has 2 N–H and O–H groups in total. The monoisotopic (exact) mass is 303 g/mol. The molecule has 1 aromatic carbocycles. The van der Waals surface area contributed by atoms with Crippen LogP contribution in [0.4, 0.5) is 0 Å². The highest BCUT2D eigenvalue weighted by Gasteiger charge is 2.26. The number of benzene rings is 1. The van der Waals surface area contributed by atoms with Crippen molar-refractivity contribution in [2.45, 2.75) is 17.7 Å². The summed E-state index contributed by atoms with van der Waals surface area (Å²) >= 11 is 0. The number of hydrogen-bond acceptors (Lipinski definition) is 6. The summed E-state index contributed by atoms with van der Waals surface area (Å²) in [7, 11) is -2.61. The van der Waals surface area contributed by atoms with E-state index < -0.39 is 21.9 Å². The number of ether oxygens (including phenoxy) is 1. The molecule has 2 rings (SSSR count). The lowest BCUT2D eigenvalue weighted by Gasteiger charge is -1.99. The molecule has 1 aromatic rings. The number of rotatable bonds is 2. The number of carbonyl (C=O) groups is 2. The van der Waals surface area contributed by atoms with Crippen LogP contribution in [-0.4, -0.2) is 42.2 Å². The molecule has 0 radical (unpaired) electrons. The molecule has 2 amide bonds. The van der Waals surface area contributed by atoms with Gasteiger partial charge in [0.25, 0.3) is 21.9 Å². The van der Waals surface area contributed by atoms with Crippen LogP contribution in [0, 0.1) is 0 Å². The maximum Gasteiger partial charge on any atom is 0.294 e. The van der Waals surface area contributed by atoms with E-state index in [1.165, 1.54) is 31.4 Å². The van der Waals surface area contributed by atoms with Crippen molar-refractivity contribution >= 4 is 21.9 Å². The second kappa shape index (κ2) is 6.46. The van der Waals surface area contributed by atoms with Crippen LogP contribution in [0.5, 0.6) is 5.75 Å². The second-order valence-corrected chi connectivity index (χ2v) is 5.17. The number of hydroxylamine groups is 2. The molecule has 0 unspecified atom stereocenters. The summed E-state index contributed by atoms with van der Waals surface area (Å²) in [4.78, 5) is 20.3. The molecule has 8 nitrogen and oxygen atoms in total. The van der Waals surface area contributed by atoms with Crippen molar-refractivity contribution in [2.75, 3.05) is 7.11 Å². The smallest absolute Gasteiger partial charge is 0.294 e. The molecular formula is C11H13NO7S. The Balaban J connectivity index is 0.000000217. The van der Waals surface area contributed by atoms with E-state index in [2.05, 4.69) is 0 Å². The van der Waals surface area contributed by atoms with Gasteiger partial charge in [-0.3, -0.25) is 19.3 Å². The van der Waals surface area contributed by atoms with Gasteiger partial charge in [0.1, 0.15) is 5.75 Å². The van der Waals surface area contributed by atoms with Gasteiger partial charge in [-0.1, -0.05) is 0 Å². The average molecular weight is 303 g/mol. The lowest BCUT2D eigenvalue weighted by atomic mass is 10.3. The predicted molar refractivity (Wildman–Crippen MR) is 65.7 cm³/mol. The molecule has 0 atom stereocenters. The predicted octanol–water partition coefficient (Wildman–Crippen LogP) is 0.466. The summed E-state index contributed by atoms with van der Waals surface area (Å²) in [5.74, 6) is -0.465. The van der Waals surface area contributed by atoms with Crippen molar-refractivity contribution in [1.29, 1.82) is 0 Å². The Bertz CT molecular complexity index is 578. The fourth-order valence-corrected chi connectivity index (χ4v) is 1.79.